The summed E-state index contributed by atoms with van der Waals surface area (Å²) >= 11 is 0. The summed E-state index contributed by atoms with van der Waals surface area (Å²) in [5, 5.41) is 0. The monoisotopic (exact) mass is 332 g/mol. The van der Waals surface area contributed by atoms with E-state index in [2.05, 4.69) is 23.7 Å². The van der Waals surface area contributed by atoms with Crippen LogP contribution < -0.4 is 0 Å². The van der Waals surface area contributed by atoms with Gasteiger partial charge in [-0.25, -0.2) is 4.98 Å². The Morgan fingerprint density at radius 2 is 1.92 bits per heavy atom. The molecule has 0 radical (unpaired) electrons. The zero-order chi connectivity index (χ0) is 17.7. The number of carbonyl (C=O) groups is 1. The van der Waals surface area contributed by atoms with Crippen molar-refractivity contribution < 1.29 is 9.21 Å². The molecular formula is C18H28N4O2. The number of aromatic nitrogens is 2. The summed E-state index contributed by atoms with van der Waals surface area (Å²) < 4.78 is 7.75. The van der Waals surface area contributed by atoms with E-state index >= 15 is 0 Å². The quantitative estimate of drug-likeness (QED) is 0.746. The highest BCUT2D eigenvalue weighted by Crippen LogP contribution is 2.19. The van der Waals surface area contributed by atoms with Crippen molar-refractivity contribution in [2.45, 2.75) is 40.8 Å². The van der Waals surface area contributed by atoms with Gasteiger partial charge in [0.25, 0.3) is 5.91 Å². The number of nitrogens with zero attached hydrogens (tertiary/aromatic N) is 4. The maximum absolute atomic E-state index is 12.9. The van der Waals surface area contributed by atoms with Gasteiger partial charge in [0.05, 0.1) is 18.7 Å². The molecule has 2 aromatic heterocycles. The molecule has 0 fully saturated rings. The van der Waals surface area contributed by atoms with E-state index in [1.54, 1.807) is 11.1 Å². The molecule has 0 unspecified atom stereocenters. The van der Waals surface area contributed by atoms with Crippen molar-refractivity contribution in [1.29, 1.82) is 0 Å². The molecule has 0 aliphatic carbocycles. The summed E-state index contributed by atoms with van der Waals surface area (Å²) in [6, 6.07) is 1.89. The first kappa shape index (κ1) is 18.3. The lowest BCUT2D eigenvalue weighted by molar-refractivity contribution is 0.0745. The molecular weight excluding hydrogens is 304 g/mol. The molecule has 6 heteroatoms. The maximum atomic E-state index is 12.9. The van der Waals surface area contributed by atoms with E-state index in [9.17, 15) is 4.79 Å². The van der Waals surface area contributed by atoms with Crippen LogP contribution in [-0.2, 0) is 20.1 Å². The summed E-state index contributed by atoms with van der Waals surface area (Å²) in [6.45, 7) is 11.8. The van der Waals surface area contributed by atoms with Crippen LogP contribution in [0.1, 0.15) is 48.5 Å². The summed E-state index contributed by atoms with van der Waals surface area (Å²) in [6.07, 6.45) is 3.64. The predicted octanol–water partition coefficient (Wildman–Crippen LogP) is 2.83. The number of amides is 1. The molecule has 0 spiro atoms. The lowest BCUT2D eigenvalue weighted by Crippen LogP contribution is -2.31. The van der Waals surface area contributed by atoms with E-state index < -0.39 is 0 Å². The van der Waals surface area contributed by atoms with E-state index in [1.165, 1.54) is 0 Å². The third-order valence-corrected chi connectivity index (χ3v) is 4.40. The third kappa shape index (κ3) is 4.06. The van der Waals surface area contributed by atoms with Crippen molar-refractivity contribution in [1.82, 2.24) is 19.4 Å². The van der Waals surface area contributed by atoms with Gasteiger partial charge >= 0.3 is 0 Å². The second kappa shape index (κ2) is 8.15. The molecule has 0 atom stereocenters. The normalized spacial score (nSPS) is 11.2. The van der Waals surface area contributed by atoms with Gasteiger partial charge in [-0.3, -0.25) is 9.69 Å². The summed E-state index contributed by atoms with van der Waals surface area (Å²) in [5.74, 6) is 2.38. The fourth-order valence-corrected chi connectivity index (χ4v) is 2.72. The van der Waals surface area contributed by atoms with E-state index in [1.807, 2.05) is 37.7 Å². The smallest absolute Gasteiger partial charge is 0.257 e. The molecule has 0 aliphatic rings. The Labute approximate surface area is 144 Å². The van der Waals surface area contributed by atoms with E-state index in [0.29, 0.717) is 24.4 Å². The number of hydrogen-bond donors (Lipinski definition) is 0. The van der Waals surface area contributed by atoms with Gasteiger partial charge in [0.2, 0.25) is 0 Å². The van der Waals surface area contributed by atoms with Gasteiger partial charge in [-0.15, -0.1) is 0 Å². The van der Waals surface area contributed by atoms with Crippen molar-refractivity contribution in [3.8, 4) is 0 Å². The molecule has 24 heavy (non-hydrogen) atoms. The van der Waals surface area contributed by atoms with Crippen LogP contribution in [0.15, 0.2) is 22.9 Å². The van der Waals surface area contributed by atoms with Gasteiger partial charge in [-0.05, 0) is 33.0 Å². The van der Waals surface area contributed by atoms with Crippen LogP contribution in [0, 0.1) is 6.92 Å². The minimum atomic E-state index is -0.00690. The molecule has 6 nitrogen and oxygen atoms in total. The predicted molar refractivity (Wildman–Crippen MR) is 93.7 cm³/mol. The van der Waals surface area contributed by atoms with Gasteiger partial charge in [-0.1, -0.05) is 13.8 Å². The molecule has 0 saturated carbocycles. The lowest BCUT2D eigenvalue weighted by Gasteiger charge is -2.20. The number of aryl methyl sites for hydroxylation is 2. The van der Waals surface area contributed by atoms with Crippen molar-refractivity contribution in [2.24, 2.45) is 7.05 Å². The highest BCUT2D eigenvalue weighted by atomic mass is 16.3. The minimum Gasteiger partial charge on any atom is -0.464 e. The highest BCUT2D eigenvalue weighted by Gasteiger charge is 2.22. The van der Waals surface area contributed by atoms with Crippen molar-refractivity contribution in [3.05, 3.63) is 41.4 Å². The number of hydrogen-bond acceptors (Lipinski definition) is 4. The highest BCUT2D eigenvalue weighted by molar-refractivity contribution is 5.95. The topological polar surface area (TPSA) is 54.5 Å². The number of furan rings is 1. The summed E-state index contributed by atoms with van der Waals surface area (Å²) in [7, 11) is 1.94. The molecule has 0 bridgehead atoms. The van der Waals surface area contributed by atoms with Gasteiger partial charge in [-0.2, -0.15) is 0 Å². The van der Waals surface area contributed by atoms with Gasteiger partial charge in [0, 0.05) is 26.0 Å². The van der Waals surface area contributed by atoms with Crippen LogP contribution in [0.5, 0.6) is 0 Å². The first-order valence-corrected chi connectivity index (χ1v) is 8.57. The Balaban J connectivity index is 2.15. The van der Waals surface area contributed by atoms with Crippen molar-refractivity contribution in [2.75, 3.05) is 19.6 Å². The standard InChI is InChI=1S/C18H28N4O2/c1-6-21(7-2)12-15-11-16(14(4)24-15)18(23)22(8-3)13-17-19-9-10-20(17)5/h9-11H,6-8,12-13H2,1-5H3. The van der Waals surface area contributed by atoms with Gasteiger partial charge in [0.15, 0.2) is 0 Å². The fraction of sp³-hybridized carbons (Fsp3) is 0.556. The van der Waals surface area contributed by atoms with Crippen LogP contribution in [0.4, 0.5) is 0 Å². The van der Waals surface area contributed by atoms with E-state index in [4.69, 9.17) is 4.42 Å². The van der Waals surface area contributed by atoms with Crippen molar-refractivity contribution in [3.63, 3.8) is 0 Å². The molecule has 0 aliphatic heterocycles. The Kier molecular flexibility index (Phi) is 6.20. The Morgan fingerprint density at radius 1 is 1.21 bits per heavy atom. The van der Waals surface area contributed by atoms with Crippen LogP contribution in [0.25, 0.3) is 0 Å². The van der Waals surface area contributed by atoms with Crippen molar-refractivity contribution >= 4 is 5.91 Å². The second-order valence-electron chi connectivity index (χ2n) is 5.92. The maximum Gasteiger partial charge on any atom is 0.257 e. The lowest BCUT2D eigenvalue weighted by atomic mass is 10.2. The third-order valence-electron chi connectivity index (χ3n) is 4.40. The SMILES string of the molecule is CCN(CC)Cc1cc(C(=O)N(CC)Cc2nccn2C)c(C)o1. The molecule has 0 N–H and O–H groups in total. The molecule has 0 saturated heterocycles. The van der Waals surface area contributed by atoms with E-state index in [0.717, 1.165) is 31.2 Å². The molecule has 2 rings (SSSR count). The van der Waals surface area contributed by atoms with Crippen LogP contribution in [0.3, 0.4) is 0 Å². The van der Waals surface area contributed by atoms with Crippen LogP contribution >= 0.6 is 0 Å². The van der Waals surface area contributed by atoms with Gasteiger partial charge in [0.1, 0.15) is 17.3 Å². The first-order chi connectivity index (χ1) is 11.5. The number of imidazole rings is 1. The largest absolute Gasteiger partial charge is 0.464 e. The second-order valence-corrected chi connectivity index (χ2v) is 5.92. The number of carbonyl (C=O) groups excluding carboxylic acids is 1. The zero-order valence-electron chi connectivity index (χ0n) is 15.4. The molecule has 2 aromatic rings. The molecule has 1 amide bonds. The molecule has 2 heterocycles. The average Bonchev–Trinajstić information content (AvgIpc) is 3.15. The van der Waals surface area contributed by atoms with E-state index in [-0.39, 0.29) is 5.91 Å². The molecule has 0 aromatic carbocycles. The Morgan fingerprint density at radius 3 is 2.46 bits per heavy atom. The Bertz CT molecular complexity index is 670. The first-order valence-electron chi connectivity index (χ1n) is 8.57. The summed E-state index contributed by atoms with van der Waals surface area (Å²) in [4.78, 5) is 21.3. The Hall–Kier alpha value is -2.08. The fourth-order valence-electron chi connectivity index (χ4n) is 2.72. The van der Waals surface area contributed by atoms with Crippen LogP contribution in [-0.4, -0.2) is 44.9 Å². The molecule has 132 valence electrons. The average molecular weight is 332 g/mol. The zero-order valence-corrected chi connectivity index (χ0v) is 15.4. The number of rotatable bonds is 8. The summed E-state index contributed by atoms with van der Waals surface area (Å²) in [5.41, 5.74) is 0.646. The van der Waals surface area contributed by atoms with Gasteiger partial charge < -0.3 is 13.9 Å². The minimum absolute atomic E-state index is 0.00690. The van der Waals surface area contributed by atoms with Crippen LogP contribution in [0.2, 0.25) is 0 Å².